The third kappa shape index (κ3) is 5.04. The maximum Gasteiger partial charge on any atom is 0.254 e. The molecule has 3 aromatic rings. The highest BCUT2D eigenvalue weighted by molar-refractivity contribution is 7.09. The number of aromatic nitrogens is 1. The maximum absolute atomic E-state index is 13.0. The van der Waals surface area contributed by atoms with Crippen molar-refractivity contribution in [3.8, 4) is 5.75 Å². The Morgan fingerprint density at radius 3 is 2.69 bits per heavy atom. The molecule has 4 rings (SSSR count). The molecule has 1 saturated heterocycles. The lowest BCUT2D eigenvalue weighted by Crippen LogP contribution is -2.35. The zero-order valence-electron chi connectivity index (χ0n) is 16.7. The van der Waals surface area contributed by atoms with Crippen LogP contribution in [0.2, 0.25) is 0 Å². The molecule has 0 saturated carbocycles. The fraction of sp³-hybridized carbons (Fsp3) is 0.333. The number of carbonyl (C=O) groups excluding carboxylic acids is 1. The van der Waals surface area contributed by atoms with E-state index in [9.17, 15) is 4.79 Å². The summed E-state index contributed by atoms with van der Waals surface area (Å²) in [6, 6.07) is 18.3. The highest BCUT2D eigenvalue weighted by Gasteiger charge is 2.29. The van der Waals surface area contributed by atoms with Gasteiger partial charge in [0.05, 0.1) is 10.7 Å². The molecule has 1 fully saturated rings. The number of aryl methyl sites for hydroxylation is 2. The first-order chi connectivity index (χ1) is 14.2. The van der Waals surface area contributed by atoms with Crippen molar-refractivity contribution in [3.05, 3.63) is 81.8 Å². The van der Waals surface area contributed by atoms with Crippen LogP contribution in [-0.2, 0) is 13.0 Å². The van der Waals surface area contributed by atoms with Gasteiger partial charge >= 0.3 is 0 Å². The molecule has 1 unspecified atom stereocenters. The largest absolute Gasteiger partial charge is 0.487 e. The molecule has 1 aliphatic heterocycles. The number of carbonyl (C=O) groups is 1. The van der Waals surface area contributed by atoms with E-state index < -0.39 is 0 Å². The monoisotopic (exact) mass is 406 g/mol. The van der Waals surface area contributed by atoms with E-state index in [1.807, 2.05) is 42.6 Å². The summed E-state index contributed by atoms with van der Waals surface area (Å²) in [4.78, 5) is 19.5. The van der Waals surface area contributed by atoms with Crippen molar-refractivity contribution in [1.82, 2.24) is 9.88 Å². The summed E-state index contributed by atoms with van der Waals surface area (Å²) < 4.78 is 5.79. The van der Waals surface area contributed by atoms with Gasteiger partial charge in [-0.2, -0.15) is 0 Å². The van der Waals surface area contributed by atoms with Gasteiger partial charge in [-0.15, -0.1) is 11.3 Å². The van der Waals surface area contributed by atoms with Crippen LogP contribution in [0, 0.1) is 6.92 Å². The topological polar surface area (TPSA) is 42.4 Å². The lowest BCUT2D eigenvalue weighted by atomic mass is 10.0. The van der Waals surface area contributed by atoms with Crippen molar-refractivity contribution in [3.63, 3.8) is 0 Å². The van der Waals surface area contributed by atoms with Crippen LogP contribution in [0.4, 0.5) is 0 Å². The molecule has 1 aliphatic rings. The first-order valence-electron chi connectivity index (χ1n) is 10.2. The number of hydrogen-bond donors (Lipinski definition) is 0. The van der Waals surface area contributed by atoms with Crippen LogP contribution >= 0.6 is 11.3 Å². The van der Waals surface area contributed by atoms with E-state index in [1.54, 1.807) is 11.3 Å². The van der Waals surface area contributed by atoms with Crippen molar-refractivity contribution >= 4 is 17.2 Å². The summed E-state index contributed by atoms with van der Waals surface area (Å²) in [5.41, 5.74) is 3.00. The van der Waals surface area contributed by atoms with Gasteiger partial charge in [0.15, 0.2) is 0 Å². The molecule has 2 aromatic carbocycles. The Morgan fingerprint density at radius 2 is 1.97 bits per heavy atom. The van der Waals surface area contributed by atoms with Crippen molar-refractivity contribution < 1.29 is 9.53 Å². The molecule has 5 heteroatoms. The summed E-state index contributed by atoms with van der Waals surface area (Å²) in [6.45, 7) is 3.28. The molecule has 150 valence electrons. The second-order valence-corrected chi connectivity index (χ2v) is 8.55. The predicted molar refractivity (Wildman–Crippen MR) is 116 cm³/mol. The number of nitrogens with zero attached hydrogens (tertiary/aromatic N) is 2. The number of thiazole rings is 1. The summed E-state index contributed by atoms with van der Waals surface area (Å²) in [5.74, 6) is 0.886. The minimum absolute atomic E-state index is 0.127. The lowest BCUT2D eigenvalue weighted by molar-refractivity contribution is 0.0730. The SMILES string of the molecule is Cc1nc(COc2ccc(C(=O)N3CCCC3CCc3ccccc3)cc2)cs1. The Morgan fingerprint density at radius 1 is 1.17 bits per heavy atom. The zero-order valence-corrected chi connectivity index (χ0v) is 17.5. The lowest BCUT2D eigenvalue weighted by Gasteiger charge is -2.25. The van der Waals surface area contributed by atoms with Gasteiger partial charge in [-0.3, -0.25) is 4.79 Å². The van der Waals surface area contributed by atoms with Gasteiger partial charge < -0.3 is 9.64 Å². The molecular formula is C24H26N2O2S. The van der Waals surface area contributed by atoms with Crippen molar-refractivity contribution in [2.75, 3.05) is 6.54 Å². The van der Waals surface area contributed by atoms with E-state index in [0.29, 0.717) is 12.6 Å². The molecule has 1 amide bonds. The second-order valence-electron chi connectivity index (χ2n) is 7.49. The van der Waals surface area contributed by atoms with Crippen molar-refractivity contribution in [2.45, 2.75) is 45.3 Å². The van der Waals surface area contributed by atoms with Crippen molar-refractivity contribution in [1.29, 1.82) is 0 Å². The summed E-state index contributed by atoms with van der Waals surface area (Å²) >= 11 is 1.62. The highest BCUT2D eigenvalue weighted by Crippen LogP contribution is 2.25. The van der Waals surface area contributed by atoms with E-state index in [0.717, 1.165) is 54.2 Å². The Balaban J connectivity index is 1.34. The molecule has 0 spiro atoms. The van der Waals surface area contributed by atoms with Crippen LogP contribution < -0.4 is 4.74 Å². The number of benzene rings is 2. The summed E-state index contributed by atoms with van der Waals surface area (Å²) in [7, 11) is 0. The zero-order chi connectivity index (χ0) is 20.1. The van der Waals surface area contributed by atoms with Gasteiger partial charge in [0, 0.05) is 23.5 Å². The van der Waals surface area contributed by atoms with Gasteiger partial charge in [-0.1, -0.05) is 30.3 Å². The number of ether oxygens (including phenoxy) is 1. The Bertz CT molecular complexity index is 937. The first-order valence-corrected chi connectivity index (χ1v) is 11.1. The Labute approximate surface area is 176 Å². The summed E-state index contributed by atoms with van der Waals surface area (Å²) in [6.07, 6.45) is 4.20. The fourth-order valence-electron chi connectivity index (χ4n) is 3.87. The maximum atomic E-state index is 13.0. The minimum Gasteiger partial charge on any atom is -0.487 e. The predicted octanol–water partition coefficient (Wildman–Crippen LogP) is 5.27. The van der Waals surface area contributed by atoms with Crippen LogP contribution in [0.3, 0.4) is 0 Å². The van der Waals surface area contributed by atoms with Crippen LogP contribution in [0.15, 0.2) is 60.0 Å². The van der Waals surface area contributed by atoms with Crippen LogP contribution in [0.5, 0.6) is 5.75 Å². The number of hydrogen-bond acceptors (Lipinski definition) is 4. The molecule has 2 heterocycles. The third-order valence-corrected chi connectivity index (χ3v) is 6.22. The van der Waals surface area contributed by atoms with E-state index in [-0.39, 0.29) is 5.91 Å². The van der Waals surface area contributed by atoms with Crippen LogP contribution in [0.1, 0.15) is 45.9 Å². The number of likely N-dealkylation sites (tertiary alicyclic amines) is 1. The second kappa shape index (κ2) is 9.23. The molecule has 0 aliphatic carbocycles. The molecule has 4 nitrogen and oxygen atoms in total. The molecule has 29 heavy (non-hydrogen) atoms. The standard InChI is InChI=1S/C24H26N2O2S/c1-18-25-21(17-29-18)16-28-23-13-10-20(11-14-23)24(27)26-15-5-8-22(26)12-9-19-6-3-2-4-7-19/h2-4,6-7,10-11,13-14,17,22H,5,8-9,12,15-16H2,1H3. The van der Waals surface area contributed by atoms with Crippen molar-refractivity contribution in [2.24, 2.45) is 0 Å². The molecule has 0 bridgehead atoms. The number of rotatable bonds is 7. The smallest absolute Gasteiger partial charge is 0.254 e. The molecular weight excluding hydrogens is 380 g/mol. The molecule has 0 N–H and O–H groups in total. The van der Waals surface area contributed by atoms with E-state index in [1.165, 1.54) is 5.56 Å². The average Bonchev–Trinajstić information content (AvgIpc) is 3.40. The molecule has 1 atom stereocenters. The molecule has 1 aromatic heterocycles. The number of amides is 1. The van der Waals surface area contributed by atoms with Gasteiger partial charge in [0.1, 0.15) is 12.4 Å². The average molecular weight is 407 g/mol. The van der Waals surface area contributed by atoms with Gasteiger partial charge in [-0.05, 0) is 62.4 Å². The minimum atomic E-state index is 0.127. The van der Waals surface area contributed by atoms with E-state index >= 15 is 0 Å². The normalized spacial score (nSPS) is 16.2. The Hall–Kier alpha value is -2.66. The Kier molecular flexibility index (Phi) is 6.25. The van der Waals surface area contributed by atoms with Gasteiger partial charge in [0.25, 0.3) is 5.91 Å². The quantitative estimate of drug-likeness (QED) is 0.537. The van der Waals surface area contributed by atoms with Crippen LogP contribution in [0.25, 0.3) is 0 Å². The fourth-order valence-corrected chi connectivity index (χ4v) is 4.47. The van der Waals surface area contributed by atoms with Gasteiger partial charge in [0.2, 0.25) is 0 Å². The van der Waals surface area contributed by atoms with Gasteiger partial charge in [-0.25, -0.2) is 4.98 Å². The summed E-state index contributed by atoms with van der Waals surface area (Å²) in [5, 5.41) is 3.05. The third-order valence-electron chi connectivity index (χ3n) is 5.40. The van der Waals surface area contributed by atoms with E-state index in [4.69, 9.17) is 4.74 Å². The van der Waals surface area contributed by atoms with Crippen LogP contribution in [-0.4, -0.2) is 28.4 Å². The molecule has 0 radical (unpaired) electrons. The first kappa shape index (κ1) is 19.6. The highest BCUT2D eigenvalue weighted by atomic mass is 32.1. The van der Waals surface area contributed by atoms with E-state index in [2.05, 4.69) is 34.1 Å².